The Morgan fingerprint density at radius 1 is 1.15 bits per heavy atom. The molecule has 1 saturated heterocycles. The molecule has 1 unspecified atom stereocenters. The largest absolute Gasteiger partial charge is 0.494 e. The van der Waals surface area contributed by atoms with Crippen molar-refractivity contribution in [3.05, 3.63) is 30.1 Å². The van der Waals surface area contributed by atoms with Crippen LogP contribution in [0.1, 0.15) is 19.3 Å². The highest BCUT2D eigenvalue weighted by Gasteiger charge is 2.39. The molecule has 0 bridgehead atoms. The van der Waals surface area contributed by atoms with Gasteiger partial charge in [0.1, 0.15) is 11.6 Å². The van der Waals surface area contributed by atoms with E-state index in [4.69, 9.17) is 4.74 Å². The molecule has 1 heterocycles. The van der Waals surface area contributed by atoms with Crippen molar-refractivity contribution in [3.8, 4) is 5.75 Å². The van der Waals surface area contributed by atoms with Crippen LogP contribution < -0.4 is 4.74 Å². The summed E-state index contributed by atoms with van der Waals surface area (Å²) < 4.78 is 18.3. The Hall–Kier alpha value is -1.13. The van der Waals surface area contributed by atoms with Crippen molar-refractivity contribution >= 4 is 0 Å². The first-order valence-corrected chi connectivity index (χ1v) is 7.49. The Balaban J connectivity index is 1.34. The van der Waals surface area contributed by atoms with Gasteiger partial charge in [-0.15, -0.1) is 0 Å². The van der Waals surface area contributed by atoms with Gasteiger partial charge in [0.05, 0.1) is 12.7 Å². The van der Waals surface area contributed by atoms with Crippen LogP contribution in [-0.2, 0) is 0 Å². The summed E-state index contributed by atoms with van der Waals surface area (Å²) in [6.45, 7) is 3.96. The summed E-state index contributed by atoms with van der Waals surface area (Å²) in [4.78, 5) is 2.48. The van der Waals surface area contributed by atoms with Gasteiger partial charge in [0.15, 0.2) is 0 Å². The molecule has 2 aliphatic rings. The van der Waals surface area contributed by atoms with Crippen molar-refractivity contribution in [3.63, 3.8) is 0 Å². The van der Waals surface area contributed by atoms with E-state index >= 15 is 0 Å². The summed E-state index contributed by atoms with van der Waals surface area (Å²) in [5.74, 6) is 1.89. The summed E-state index contributed by atoms with van der Waals surface area (Å²) in [7, 11) is 0. The standard InChI is InChI=1S/C16H22FNO2/c17-14-2-4-16(5-3-14)20-7-1-6-18-10-12-8-15(19)9-13(12)11-18/h2-5,12-13,15,19H,1,6-11H2/t12-,13+,15?. The number of aliphatic hydroxyl groups is 1. The first kappa shape index (κ1) is 13.8. The van der Waals surface area contributed by atoms with Crippen LogP contribution >= 0.6 is 0 Å². The number of rotatable bonds is 5. The fraction of sp³-hybridized carbons (Fsp3) is 0.625. The lowest BCUT2D eigenvalue weighted by atomic mass is 10.0. The zero-order valence-corrected chi connectivity index (χ0v) is 11.7. The lowest BCUT2D eigenvalue weighted by Gasteiger charge is -2.17. The summed E-state index contributed by atoms with van der Waals surface area (Å²) in [6, 6.07) is 6.17. The van der Waals surface area contributed by atoms with Crippen molar-refractivity contribution in [2.45, 2.75) is 25.4 Å². The second-order valence-electron chi connectivity index (χ2n) is 6.06. The highest BCUT2D eigenvalue weighted by atomic mass is 19.1. The van der Waals surface area contributed by atoms with Gasteiger partial charge in [0.2, 0.25) is 0 Å². The normalized spacial score (nSPS) is 29.6. The number of hydrogen-bond donors (Lipinski definition) is 1. The summed E-state index contributed by atoms with van der Waals surface area (Å²) in [5, 5.41) is 9.62. The van der Waals surface area contributed by atoms with E-state index in [2.05, 4.69) is 4.90 Å². The Bertz CT molecular complexity index is 423. The van der Waals surface area contributed by atoms with Crippen LogP contribution in [0.25, 0.3) is 0 Å². The van der Waals surface area contributed by atoms with Crippen LogP contribution in [0.2, 0.25) is 0 Å². The molecule has 0 aromatic heterocycles. The first-order valence-electron chi connectivity index (χ1n) is 7.49. The molecule has 0 spiro atoms. The second kappa shape index (κ2) is 6.10. The molecule has 1 N–H and O–H groups in total. The number of halogens is 1. The average Bonchev–Trinajstić information content (AvgIpc) is 2.93. The molecule has 4 heteroatoms. The molecule has 1 aliphatic heterocycles. The minimum Gasteiger partial charge on any atom is -0.494 e. The summed E-state index contributed by atoms with van der Waals surface area (Å²) >= 11 is 0. The van der Waals surface area contributed by atoms with Crippen LogP contribution in [0.3, 0.4) is 0 Å². The van der Waals surface area contributed by atoms with Crippen molar-refractivity contribution in [1.29, 1.82) is 0 Å². The Labute approximate surface area is 119 Å². The Kier molecular flexibility index (Phi) is 4.22. The molecule has 20 heavy (non-hydrogen) atoms. The first-order chi connectivity index (χ1) is 9.70. The molecule has 1 aromatic carbocycles. The number of likely N-dealkylation sites (tertiary alicyclic amines) is 1. The van der Waals surface area contributed by atoms with E-state index in [1.807, 2.05) is 0 Å². The molecule has 3 atom stereocenters. The maximum Gasteiger partial charge on any atom is 0.123 e. The Morgan fingerprint density at radius 2 is 1.80 bits per heavy atom. The van der Waals surface area contributed by atoms with Crippen LogP contribution in [0.5, 0.6) is 5.75 Å². The third kappa shape index (κ3) is 3.30. The molecule has 3 nitrogen and oxygen atoms in total. The van der Waals surface area contributed by atoms with Crippen LogP contribution in [0.4, 0.5) is 4.39 Å². The van der Waals surface area contributed by atoms with E-state index in [9.17, 15) is 9.50 Å². The van der Waals surface area contributed by atoms with Crippen molar-refractivity contribution < 1.29 is 14.2 Å². The van der Waals surface area contributed by atoms with Crippen LogP contribution in [-0.4, -0.2) is 42.4 Å². The highest BCUT2D eigenvalue weighted by molar-refractivity contribution is 5.21. The predicted molar refractivity (Wildman–Crippen MR) is 75.2 cm³/mol. The summed E-state index contributed by atoms with van der Waals surface area (Å²) in [6.07, 6.45) is 2.88. The monoisotopic (exact) mass is 279 g/mol. The van der Waals surface area contributed by atoms with Gasteiger partial charge in [-0.25, -0.2) is 4.39 Å². The van der Waals surface area contributed by atoms with Gasteiger partial charge in [-0.05, 0) is 55.4 Å². The van der Waals surface area contributed by atoms with Gasteiger partial charge in [0.25, 0.3) is 0 Å². The van der Waals surface area contributed by atoms with E-state index in [0.717, 1.165) is 44.6 Å². The maximum absolute atomic E-state index is 12.7. The van der Waals surface area contributed by atoms with Gasteiger partial charge >= 0.3 is 0 Å². The minimum atomic E-state index is -0.233. The van der Waals surface area contributed by atoms with E-state index in [1.54, 1.807) is 12.1 Å². The molecular weight excluding hydrogens is 257 g/mol. The Morgan fingerprint density at radius 3 is 2.45 bits per heavy atom. The van der Waals surface area contributed by atoms with Gasteiger partial charge in [-0.2, -0.15) is 0 Å². The van der Waals surface area contributed by atoms with Crippen molar-refractivity contribution in [2.24, 2.45) is 11.8 Å². The van der Waals surface area contributed by atoms with Crippen LogP contribution in [0.15, 0.2) is 24.3 Å². The fourth-order valence-electron chi connectivity index (χ4n) is 3.56. The van der Waals surface area contributed by atoms with E-state index in [1.165, 1.54) is 12.1 Å². The lowest BCUT2D eigenvalue weighted by molar-refractivity contribution is 0.160. The minimum absolute atomic E-state index is 0.0611. The second-order valence-corrected chi connectivity index (χ2v) is 6.06. The quantitative estimate of drug-likeness (QED) is 0.840. The molecule has 2 fully saturated rings. The number of aliphatic hydroxyl groups excluding tert-OH is 1. The zero-order valence-electron chi connectivity index (χ0n) is 11.7. The smallest absolute Gasteiger partial charge is 0.123 e. The third-order valence-corrected chi connectivity index (χ3v) is 4.50. The number of benzene rings is 1. The number of ether oxygens (including phenoxy) is 1. The molecule has 1 aromatic rings. The molecule has 0 radical (unpaired) electrons. The van der Waals surface area contributed by atoms with Crippen LogP contribution in [0, 0.1) is 17.7 Å². The van der Waals surface area contributed by atoms with Crippen molar-refractivity contribution in [2.75, 3.05) is 26.2 Å². The van der Waals surface area contributed by atoms with Gasteiger partial charge < -0.3 is 14.7 Å². The molecule has 110 valence electrons. The topological polar surface area (TPSA) is 32.7 Å². The number of hydrogen-bond acceptors (Lipinski definition) is 3. The molecular formula is C16H22FNO2. The lowest BCUT2D eigenvalue weighted by Crippen LogP contribution is -2.25. The SMILES string of the molecule is OC1C[C@@H]2CN(CCCOc3ccc(F)cc3)C[C@@H]2C1. The van der Waals surface area contributed by atoms with E-state index in [-0.39, 0.29) is 11.9 Å². The zero-order chi connectivity index (χ0) is 13.9. The average molecular weight is 279 g/mol. The van der Waals surface area contributed by atoms with Gasteiger partial charge in [-0.3, -0.25) is 0 Å². The highest BCUT2D eigenvalue weighted by Crippen LogP contribution is 2.37. The molecule has 0 amide bonds. The molecule has 3 rings (SSSR count). The fourth-order valence-corrected chi connectivity index (χ4v) is 3.56. The van der Waals surface area contributed by atoms with Crippen molar-refractivity contribution in [1.82, 2.24) is 4.90 Å². The summed E-state index contributed by atoms with van der Waals surface area (Å²) in [5.41, 5.74) is 0. The third-order valence-electron chi connectivity index (χ3n) is 4.50. The predicted octanol–water partition coefficient (Wildman–Crippen LogP) is 2.30. The molecule has 1 saturated carbocycles. The number of fused-ring (bicyclic) bond motifs is 1. The van der Waals surface area contributed by atoms with E-state index in [0.29, 0.717) is 18.4 Å². The maximum atomic E-state index is 12.7. The number of nitrogens with zero attached hydrogens (tertiary/aromatic N) is 1. The molecule has 1 aliphatic carbocycles. The van der Waals surface area contributed by atoms with E-state index < -0.39 is 0 Å². The van der Waals surface area contributed by atoms with Gasteiger partial charge in [0, 0.05) is 19.6 Å². The van der Waals surface area contributed by atoms with Gasteiger partial charge in [-0.1, -0.05) is 0 Å².